The van der Waals surface area contributed by atoms with Crippen LogP contribution in [0.4, 0.5) is 10.1 Å². The van der Waals surface area contributed by atoms with Gasteiger partial charge in [-0.25, -0.2) is 14.4 Å². The molecule has 3 N–H and O–H groups in total. The standard InChI is InChI=1S/C44H44FN4O4Si/c1-43(2,3)40(53-54(30-13-8-6-9-14-30)31-15-10-7-11-16-31)38-33(39-34-26-37(28-21-23-52-24-22-28)48-41(34)47-27-46-39)17-12-18-36(38)49-42(50)32-20-19-29(25-35(32)45)44(4,5)51/h6-21,25-27,40,51H,22-24H2,1-5H3,(H,49,50)(H,46,47,48). The van der Waals surface area contributed by atoms with Crippen molar-refractivity contribution >= 4 is 47.6 Å². The number of ether oxygens (including phenoxy) is 1. The highest BCUT2D eigenvalue weighted by atomic mass is 28.3. The molecule has 2 aromatic heterocycles. The Labute approximate surface area is 316 Å². The second-order valence-electron chi connectivity index (χ2n) is 15.1. The van der Waals surface area contributed by atoms with Crippen LogP contribution in [0.15, 0.2) is 116 Å². The van der Waals surface area contributed by atoms with Crippen molar-refractivity contribution in [2.45, 2.75) is 52.7 Å². The molecular weight excluding hydrogens is 696 g/mol. The lowest BCUT2D eigenvalue weighted by molar-refractivity contribution is 0.0780. The topological polar surface area (TPSA) is 109 Å². The second-order valence-corrected chi connectivity index (χ2v) is 17.2. The maximum Gasteiger partial charge on any atom is 0.283 e. The molecular formula is C44H44FN4O4Si. The van der Waals surface area contributed by atoms with E-state index in [0.29, 0.717) is 41.4 Å². The molecule has 0 aliphatic carbocycles. The van der Waals surface area contributed by atoms with Crippen LogP contribution in [0.5, 0.6) is 0 Å². The molecule has 0 spiro atoms. The number of amides is 1. The Bertz CT molecular complexity index is 2270. The van der Waals surface area contributed by atoms with Crippen LogP contribution in [0.2, 0.25) is 0 Å². The molecule has 0 saturated heterocycles. The van der Waals surface area contributed by atoms with Gasteiger partial charge in [-0.3, -0.25) is 4.79 Å². The fourth-order valence-corrected chi connectivity index (χ4v) is 9.10. The van der Waals surface area contributed by atoms with E-state index in [0.717, 1.165) is 39.0 Å². The Balaban J connectivity index is 1.41. The average Bonchev–Trinajstić information content (AvgIpc) is 3.61. The molecule has 6 aromatic rings. The predicted octanol–water partition coefficient (Wildman–Crippen LogP) is 7.96. The Kier molecular flexibility index (Phi) is 10.5. The van der Waals surface area contributed by atoms with Crippen LogP contribution in [-0.2, 0) is 14.8 Å². The summed E-state index contributed by atoms with van der Waals surface area (Å²) < 4.78 is 28.6. The summed E-state index contributed by atoms with van der Waals surface area (Å²) in [7, 11) is -1.85. The predicted molar refractivity (Wildman–Crippen MR) is 214 cm³/mol. The third-order valence-corrected chi connectivity index (χ3v) is 11.8. The molecule has 1 aliphatic heterocycles. The summed E-state index contributed by atoms with van der Waals surface area (Å²) in [5.41, 5.74) is 3.86. The van der Waals surface area contributed by atoms with Crippen molar-refractivity contribution in [2.24, 2.45) is 5.41 Å². The molecule has 4 aromatic carbocycles. The SMILES string of the molecule is CC(C)(O)c1ccc(C(=O)Nc2cccc(-c3ncnc4[nH]c(C5=CCOCC5)cc34)c2C(O[Si](c2ccccc2)c2ccccc2)C(C)(C)C)c(F)c1. The molecule has 1 unspecified atom stereocenters. The maximum atomic E-state index is 15.6. The van der Waals surface area contributed by atoms with E-state index in [1.807, 2.05) is 54.6 Å². The maximum absolute atomic E-state index is 15.6. The van der Waals surface area contributed by atoms with Gasteiger partial charge in [-0.2, -0.15) is 0 Å². The Hall–Kier alpha value is -5.26. The first-order valence-electron chi connectivity index (χ1n) is 18.1. The first-order valence-corrected chi connectivity index (χ1v) is 19.5. The molecule has 10 heteroatoms. The molecule has 8 nitrogen and oxygen atoms in total. The van der Waals surface area contributed by atoms with Gasteiger partial charge in [0.15, 0.2) is 0 Å². The van der Waals surface area contributed by atoms with Crippen molar-refractivity contribution < 1.29 is 23.5 Å². The second kappa shape index (κ2) is 15.2. The first kappa shape index (κ1) is 37.1. The van der Waals surface area contributed by atoms with Gasteiger partial charge in [0.05, 0.1) is 36.2 Å². The van der Waals surface area contributed by atoms with Crippen LogP contribution >= 0.6 is 0 Å². The highest BCUT2D eigenvalue weighted by Crippen LogP contribution is 2.46. The minimum absolute atomic E-state index is 0.143. The number of nitrogens with zero attached hydrogens (tertiary/aromatic N) is 2. The number of hydrogen-bond acceptors (Lipinski definition) is 6. The number of aliphatic hydroxyl groups is 1. The summed E-state index contributed by atoms with van der Waals surface area (Å²) in [6, 6.07) is 32.4. The number of hydrogen-bond donors (Lipinski definition) is 3. The van der Waals surface area contributed by atoms with E-state index in [1.165, 1.54) is 12.1 Å². The van der Waals surface area contributed by atoms with Crippen molar-refractivity contribution in [1.82, 2.24) is 15.0 Å². The molecule has 275 valence electrons. The molecule has 3 heterocycles. The monoisotopic (exact) mass is 739 g/mol. The van der Waals surface area contributed by atoms with Crippen LogP contribution in [0.1, 0.15) is 74.3 Å². The minimum Gasteiger partial charge on any atom is -0.400 e. The minimum atomic E-state index is -1.85. The summed E-state index contributed by atoms with van der Waals surface area (Å²) in [5, 5.41) is 16.5. The fraction of sp³-hybridized carbons (Fsp3) is 0.250. The lowest BCUT2D eigenvalue weighted by atomic mass is 9.81. The van der Waals surface area contributed by atoms with Gasteiger partial charge in [-0.1, -0.05) is 106 Å². The van der Waals surface area contributed by atoms with Gasteiger partial charge in [-0.05, 0) is 71.5 Å². The van der Waals surface area contributed by atoms with Crippen molar-refractivity contribution in [3.8, 4) is 11.3 Å². The molecule has 0 fully saturated rings. The van der Waals surface area contributed by atoms with E-state index in [1.54, 1.807) is 26.2 Å². The van der Waals surface area contributed by atoms with Gasteiger partial charge in [0.25, 0.3) is 14.9 Å². The summed E-state index contributed by atoms with van der Waals surface area (Å²) in [4.78, 5) is 27.0. The molecule has 1 amide bonds. The number of aromatic amines is 1. The van der Waals surface area contributed by atoms with Gasteiger partial charge in [0, 0.05) is 27.9 Å². The van der Waals surface area contributed by atoms with Crippen LogP contribution in [0.25, 0.3) is 27.9 Å². The number of carbonyl (C=O) groups is 1. The normalized spacial score (nSPS) is 14.3. The summed E-state index contributed by atoms with van der Waals surface area (Å²) >= 11 is 0. The Morgan fingerprint density at radius 2 is 1.63 bits per heavy atom. The summed E-state index contributed by atoms with van der Waals surface area (Å²) in [5.74, 6) is -1.35. The number of benzene rings is 4. The van der Waals surface area contributed by atoms with E-state index in [4.69, 9.17) is 14.1 Å². The largest absolute Gasteiger partial charge is 0.400 e. The lowest BCUT2D eigenvalue weighted by Crippen LogP contribution is -2.47. The number of nitrogens with one attached hydrogen (secondary N) is 2. The zero-order valence-corrected chi connectivity index (χ0v) is 32.1. The third-order valence-electron chi connectivity index (χ3n) is 9.62. The number of H-pyrrole nitrogens is 1. The van der Waals surface area contributed by atoms with Gasteiger partial charge in [0.1, 0.15) is 17.8 Å². The summed E-state index contributed by atoms with van der Waals surface area (Å²) in [6.45, 7) is 10.7. The van der Waals surface area contributed by atoms with E-state index in [9.17, 15) is 9.90 Å². The number of halogens is 1. The van der Waals surface area contributed by atoms with Crippen LogP contribution in [0.3, 0.4) is 0 Å². The number of aromatic nitrogens is 3. The van der Waals surface area contributed by atoms with Crippen molar-refractivity contribution in [2.75, 3.05) is 18.5 Å². The van der Waals surface area contributed by atoms with Crippen molar-refractivity contribution in [3.05, 3.63) is 144 Å². The van der Waals surface area contributed by atoms with E-state index >= 15 is 4.39 Å². The molecule has 1 radical (unpaired) electrons. The zero-order chi connectivity index (χ0) is 38.0. The van der Waals surface area contributed by atoms with Crippen LogP contribution in [0, 0.1) is 11.2 Å². The molecule has 1 aliphatic rings. The van der Waals surface area contributed by atoms with Crippen LogP contribution in [-0.4, -0.2) is 48.2 Å². The molecule has 0 bridgehead atoms. The highest BCUT2D eigenvalue weighted by molar-refractivity contribution is 6.80. The van der Waals surface area contributed by atoms with Gasteiger partial charge in [0.2, 0.25) is 0 Å². The van der Waals surface area contributed by atoms with Crippen molar-refractivity contribution in [3.63, 3.8) is 0 Å². The van der Waals surface area contributed by atoms with Gasteiger partial charge in [-0.15, -0.1) is 0 Å². The number of anilines is 1. The number of rotatable bonds is 10. The summed E-state index contributed by atoms with van der Waals surface area (Å²) in [6.07, 6.45) is 3.82. The van der Waals surface area contributed by atoms with Gasteiger partial charge >= 0.3 is 0 Å². The Morgan fingerprint density at radius 1 is 0.926 bits per heavy atom. The smallest absolute Gasteiger partial charge is 0.283 e. The number of fused-ring (bicyclic) bond motifs is 1. The van der Waals surface area contributed by atoms with Gasteiger partial charge < -0.3 is 24.6 Å². The van der Waals surface area contributed by atoms with E-state index in [2.05, 4.69) is 72.5 Å². The molecule has 54 heavy (non-hydrogen) atoms. The molecule has 0 saturated carbocycles. The van der Waals surface area contributed by atoms with Crippen LogP contribution < -0.4 is 15.7 Å². The average molecular weight is 740 g/mol. The Morgan fingerprint density at radius 3 is 2.24 bits per heavy atom. The van der Waals surface area contributed by atoms with Crippen molar-refractivity contribution in [1.29, 1.82) is 0 Å². The molecule has 7 rings (SSSR count). The number of carbonyl (C=O) groups excluding carboxylic acids is 1. The lowest BCUT2D eigenvalue weighted by Gasteiger charge is -2.36. The van der Waals surface area contributed by atoms with E-state index < -0.39 is 37.9 Å². The third kappa shape index (κ3) is 7.83. The van der Waals surface area contributed by atoms with E-state index in [-0.39, 0.29) is 5.56 Å². The first-order chi connectivity index (χ1) is 25.9. The zero-order valence-electron chi connectivity index (χ0n) is 31.1. The fourth-order valence-electron chi connectivity index (χ4n) is 6.80. The quantitative estimate of drug-likeness (QED) is 0.123. The highest BCUT2D eigenvalue weighted by Gasteiger charge is 2.37. The molecule has 1 atom stereocenters.